The van der Waals surface area contributed by atoms with E-state index >= 15 is 0 Å². The molecule has 0 aliphatic rings. The van der Waals surface area contributed by atoms with Crippen LogP contribution in [0.1, 0.15) is 65.2 Å². The molecule has 17 heavy (non-hydrogen) atoms. The molecule has 0 atom stereocenters. The zero-order valence-electron chi connectivity index (χ0n) is 11.6. The molecular formula is C13H27CdNOS. The number of ether oxygens (including phenoxy) is 1. The maximum absolute atomic E-state index is 5.42. The zero-order chi connectivity index (χ0) is 12.1. The van der Waals surface area contributed by atoms with Crippen molar-refractivity contribution in [1.29, 1.82) is 0 Å². The van der Waals surface area contributed by atoms with Crippen LogP contribution >= 0.6 is 12.2 Å². The Kier molecular flexibility index (Phi) is 19.5. The molecule has 98 valence electrons. The van der Waals surface area contributed by atoms with E-state index < -0.39 is 0 Å². The number of rotatable bonds is 10. The second-order valence-corrected chi connectivity index (χ2v) is 4.55. The van der Waals surface area contributed by atoms with Crippen molar-refractivity contribution in [2.45, 2.75) is 65.2 Å². The Morgan fingerprint density at radius 2 is 1.53 bits per heavy atom. The second-order valence-electron chi connectivity index (χ2n) is 4.18. The molecular weight excluding hydrogens is 331 g/mol. The fourth-order valence-corrected chi connectivity index (χ4v) is 1.67. The number of nitrogens with one attached hydrogen (secondary N) is 1. The molecule has 0 amide bonds. The third-order valence-corrected chi connectivity index (χ3v) is 2.79. The van der Waals surface area contributed by atoms with E-state index in [1.165, 1.54) is 44.9 Å². The Labute approximate surface area is 132 Å². The van der Waals surface area contributed by atoms with Crippen LogP contribution in [-0.4, -0.2) is 18.3 Å². The smallest absolute Gasteiger partial charge is 0.256 e. The molecule has 2 nitrogen and oxygen atoms in total. The Morgan fingerprint density at radius 1 is 0.941 bits per heavy atom. The summed E-state index contributed by atoms with van der Waals surface area (Å²) in [4.78, 5) is 0. The first kappa shape index (κ1) is 19.9. The number of unbranched alkanes of at least 4 members (excludes halogenated alkanes) is 6. The molecule has 0 saturated heterocycles. The van der Waals surface area contributed by atoms with Crippen LogP contribution in [0.15, 0.2) is 0 Å². The van der Waals surface area contributed by atoms with Gasteiger partial charge in [-0.25, -0.2) is 0 Å². The van der Waals surface area contributed by atoms with Crippen LogP contribution in [0.25, 0.3) is 0 Å². The minimum absolute atomic E-state index is 0. The van der Waals surface area contributed by atoms with Gasteiger partial charge in [0.2, 0.25) is 0 Å². The van der Waals surface area contributed by atoms with Crippen molar-refractivity contribution < 1.29 is 32.0 Å². The summed E-state index contributed by atoms with van der Waals surface area (Å²) >= 11 is 5.08. The van der Waals surface area contributed by atoms with E-state index in [9.17, 15) is 0 Å². The molecule has 0 aromatic heterocycles. The van der Waals surface area contributed by atoms with Crippen molar-refractivity contribution >= 4 is 17.4 Å². The topological polar surface area (TPSA) is 21.3 Å². The Morgan fingerprint density at radius 3 is 2.12 bits per heavy atom. The van der Waals surface area contributed by atoms with Crippen LogP contribution in [0, 0.1) is 0 Å². The molecule has 0 rings (SSSR count). The van der Waals surface area contributed by atoms with Gasteiger partial charge < -0.3 is 10.1 Å². The Balaban J connectivity index is 0. The Bertz CT molecular complexity index is 151. The van der Waals surface area contributed by atoms with Crippen molar-refractivity contribution in [3.05, 3.63) is 0 Å². The normalized spacial score (nSPS) is 9.53. The van der Waals surface area contributed by atoms with Gasteiger partial charge in [0.15, 0.2) is 0 Å². The summed E-state index contributed by atoms with van der Waals surface area (Å²) in [5.74, 6) is 0. The third-order valence-electron chi connectivity index (χ3n) is 2.53. The molecule has 0 aliphatic carbocycles. The van der Waals surface area contributed by atoms with Crippen molar-refractivity contribution in [1.82, 2.24) is 5.32 Å². The predicted octanol–water partition coefficient (Wildman–Crippen LogP) is 4.04. The molecule has 0 fully saturated rings. The minimum atomic E-state index is 0. The van der Waals surface area contributed by atoms with Crippen LogP contribution in [0.3, 0.4) is 0 Å². The van der Waals surface area contributed by atoms with E-state index in [1.807, 2.05) is 0 Å². The molecule has 0 unspecified atom stereocenters. The maximum Gasteiger partial charge on any atom is 0.256 e. The van der Waals surface area contributed by atoms with E-state index in [0.29, 0.717) is 5.17 Å². The summed E-state index contributed by atoms with van der Waals surface area (Å²) in [6.07, 6.45) is 9.97. The van der Waals surface area contributed by atoms with E-state index in [0.717, 1.165) is 19.6 Å². The van der Waals surface area contributed by atoms with Crippen molar-refractivity contribution in [2.75, 3.05) is 13.2 Å². The average molecular weight is 358 g/mol. The second kappa shape index (κ2) is 16.6. The SMILES string of the molecule is CCCCCCNC(=S)OCCCCCC.[Cd]. The maximum atomic E-state index is 5.42. The minimum Gasteiger partial charge on any atom is -0.471 e. The Hall–Kier alpha value is 0.612. The summed E-state index contributed by atoms with van der Waals surface area (Å²) in [7, 11) is 0. The molecule has 0 heterocycles. The van der Waals surface area contributed by atoms with Crippen LogP contribution in [0.4, 0.5) is 0 Å². The van der Waals surface area contributed by atoms with E-state index in [4.69, 9.17) is 17.0 Å². The first-order chi connectivity index (χ1) is 7.81. The van der Waals surface area contributed by atoms with E-state index in [-0.39, 0.29) is 27.3 Å². The number of thiocarbonyl (C=S) groups is 1. The van der Waals surface area contributed by atoms with Crippen LogP contribution in [0.5, 0.6) is 0 Å². The van der Waals surface area contributed by atoms with Crippen molar-refractivity contribution in [3.63, 3.8) is 0 Å². The van der Waals surface area contributed by atoms with Crippen molar-refractivity contribution in [3.8, 4) is 0 Å². The van der Waals surface area contributed by atoms with Gasteiger partial charge in [0.1, 0.15) is 0 Å². The van der Waals surface area contributed by atoms with Crippen LogP contribution in [0.2, 0.25) is 0 Å². The number of hydrogen-bond donors (Lipinski definition) is 1. The van der Waals surface area contributed by atoms with E-state index in [2.05, 4.69) is 19.2 Å². The average Bonchev–Trinajstić information content (AvgIpc) is 2.28. The molecule has 0 aromatic carbocycles. The van der Waals surface area contributed by atoms with E-state index in [1.54, 1.807) is 0 Å². The fraction of sp³-hybridized carbons (Fsp3) is 0.923. The van der Waals surface area contributed by atoms with Gasteiger partial charge in [-0.3, -0.25) is 0 Å². The van der Waals surface area contributed by atoms with Crippen LogP contribution in [-0.2, 0) is 32.0 Å². The first-order valence-electron chi connectivity index (χ1n) is 6.71. The van der Waals surface area contributed by atoms with Gasteiger partial charge in [0.05, 0.1) is 6.61 Å². The standard InChI is InChI=1S/C13H27NOS.Cd/c1-3-5-7-9-11-14-13(16)15-12-10-8-6-4-2;/h3-12H2,1-2H3,(H,14,16);. The number of hydrogen-bond acceptors (Lipinski definition) is 2. The summed E-state index contributed by atoms with van der Waals surface area (Å²) in [5, 5.41) is 3.72. The molecule has 1 N–H and O–H groups in total. The predicted molar refractivity (Wildman–Crippen MR) is 74.8 cm³/mol. The summed E-state index contributed by atoms with van der Waals surface area (Å²) in [5.41, 5.74) is 0. The molecule has 0 saturated carbocycles. The van der Waals surface area contributed by atoms with Gasteiger partial charge in [-0.05, 0) is 25.1 Å². The summed E-state index contributed by atoms with van der Waals surface area (Å²) < 4.78 is 5.42. The van der Waals surface area contributed by atoms with Gasteiger partial charge in [-0.1, -0.05) is 52.4 Å². The first-order valence-corrected chi connectivity index (χ1v) is 7.12. The molecule has 0 bridgehead atoms. The summed E-state index contributed by atoms with van der Waals surface area (Å²) in [6.45, 7) is 6.15. The zero-order valence-corrected chi connectivity index (χ0v) is 16.4. The van der Waals surface area contributed by atoms with Gasteiger partial charge in [-0.2, -0.15) is 0 Å². The molecule has 0 spiro atoms. The molecule has 0 aliphatic heterocycles. The van der Waals surface area contributed by atoms with Gasteiger partial charge in [0, 0.05) is 33.8 Å². The monoisotopic (exact) mass is 359 g/mol. The van der Waals surface area contributed by atoms with Gasteiger partial charge >= 0.3 is 0 Å². The van der Waals surface area contributed by atoms with Crippen LogP contribution < -0.4 is 5.32 Å². The fourth-order valence-electron chi connectivity index (χ4n) is 1.49. The molecule has 4 heteroatoms. The van der Waals surface area contributed by atoms with Gasteiger partial charge in [-0.15, -0.1) is 0 Å². The third kappa shape index (κ3) is 16.6. The quantitative estimate of drug-likeness (QED) is 0.362. The largest absolute Gasteiger partial charge is 0.471 e. The van der Waals surface area contributed by atoms with Gasteiger partial charge in [0.25, 0.3) is 5.17 Å². The molecule has 0 radical (unpaired) electrons. The van der Waals surface area contributed by atoms with Crippen molar-refractivity contribution in [2.24, 2.45) is 0 Å². The molecule has 0 aromatic rings. The summed E-state index contributed by atoms with van der Waals surface area (Å²) in [6, 6.07) is 0.